The number of halogens is 1. The van der Waals surface area contributed by atoms with E-state index in [9.17, 15) is 4.79 Å². The highest BCUT2D eigenvalue weighted by Crippen LogP contribution is 2.48. The molecule has 4 nitrogen and oxygen atoms in total. The first-order valence-corrected chi connectivity index (χ1v) is 13.0. The van der Waals surface area contributed by atoms with Crippen LogP contribution in [0.15, 0.2) is 83.3 Å². The van der Waals surface area contributed by atoms with Crippen molar-refractivity contribution in [1.29, 1.82) is 0 Å². The minimum absolute atomic E-state index is 0.0806. The molecule has 4 atom stereocenters. The lowest BCUT2D eigenvalue weighted by Crippen LogP contribution is -2.50. The van der Waals surface area contributed by atoms with Gasteiger partial charge in [0.15, 0.2) is 0 Å². The van der Waals surface area contributed by atoms with Crippen molar-refractivity contribution in [3.05, 3.63) is 100 Å². The first-order chi connectivity index (χ1) is 16.7. The van der Waals surface area contributed by atoms with Crippen LogP contribution in [0.3, 0.4) is 0 Å². The third kappa shape index (κ3) is 3.66. The maximum absolute atomic E-state index is 14.3. The fourth-order valence-electron chi connectivity index (χ4n) is 6.28. The molecule has 0 aromatic heterocycles. The van der Waals surface area contributed by atoms with Crippen LogP contribution in [0.5, 0.6) is 5.75 Å². The maximum atomic E-state index is 14.3. The number of hydrogen-bond acceptors (Lipinski definition) is 3. The molecular weight excluding hydrogens is 488 g/mol. The van der Waals surface area contributed by atoms with Crippen LogP contribution in [-0.2, 0) is 10.2 Å². The maximum Gasteiger partial charge on any atom is 0.228 e. The van der Waals surface area contributed by atoms with E-state index in [1.165, 1.54) is 11.1 Å². The Kier molecular flexibility index (Phi) is 5.70. The number of fused-ring (bicyclic) bond motifs is 2. The van der Waals surface area contributed by atoms with E-state index in [1.807, 2.05) is 12.1 Å². The first-order valence-electron chi connectivity index (χ1n) is 12.2. The lowest BCUT2D eigenvalue weighted by atomic mass is 9.72. The second kappa shape index (κ2) is 8.86. The smallest absolute Gasteiger partial charge is 0.228 e. The monoisotopic (exact) mass is 516 g/mol. The third-order valence-electron chi connectivity index (χ3n) is 8.06. The molecule has 3 aromatic rings. The molecule has 1 unspecified atom stereocenters. The molecule has 0 saturated carbocycles. The topological polar surface area (TPSA) is 41.6 Å². The van der Waals surface area contributed by atoms with E-state index in [2.05, 4.69) is 92.9 Å². The van der Waals surface area contributed by atoms with Gasteiger partial charge in [-0.15, -0.1) is 0 Å². The van der Waals surface area contributed by atoms with Gasteiger partial charge in [-0.25, -0.2) is 0 Å². The number of benzene rings is 3. The summed E-state index contributed by atoms with van der Waals surface area (Å²) in [4.78, 5) is 16.5. The summed E-state index contributed by atoms with van der Waals surface area (Å²) in [5.41, 5.74) is 3.46. The van der Waals surface area contributed by atoms with Crippen molar-refractivity contribution in [2.75, 3.05) is 26.2 Å². The van der Waals surface area contributed by atoms with Crippen LogP contribution in [0.2, 0.25) is 0 Å². The van der Waals surface area contributed by atoms with Gasteiger partial charge < -0.3 is 15.0 Å². The van der Waals surface area contributed by atoms with Crippen molar-refractivity contribution in [3.8, 4) is 5.75 Å². The molecule has 3 aliphatic heterocycles. The van der Waals surface area contributed by atoms with Crippen LogP contribution in [-0.4, -0.2) is 37.0 Å². The molecule has 0 aliphatic carbocycles. The quantitative estimate of drug-likeness (QED) is 0.503. The van der Waals surface area contributed by atoms with E-state index >= 15 is 0 Å². The van der Waals surface area contributed by atoms with E-state index in [0.717, 1.165) is 41.7 Å². The first kappa shape index (κ1) is 21.9. The minimum Gasteiger partial charge on any atom is -0.492 e. The fourth-order valence-corrected chi connectivity index (χ4v) is 6.62. The van der Waals surface area contributed by atoms with E-state index in [0.29, 0.717) is 19.1 Å². The number of nitrogens with one attached hydrogen (secondary N) is 1. The minimum atomic E-state index is -0.301. The highest BCUT2D eigenvalue weighted by molar-refractivity contribution is 9.10. The lowest BCUT2D eigenvalue weighted by molar-refractivity contribution is -0.141. The molecule has 3 aliphatic rings. The lowest BCUT2D eigenvalue weighted by Gasteiger charge is -2.43. The van der Waals surface area contributed by atoms with Gasteiger partial charge in [0.1, 0.15) is 12.4 Å². The van der Waals surface area contributed by atoms with Crippen molar-refractivity contribution in [3.63, 3.8) is 0 Å². The highest BCUT2D eigenvalue weighted by Gasteiger charge is 2.54. The number of ether oxygens (including phenoxy) is 1. The number of carbonyl (C=O) groups is 1. The fraction of sp³-hybridized carbons (Fsp3) is 0.345. The molecule has 2 saturated heterocycles. The van der Waals surface area contributed by atoms with Crippen LogP contribution in [0.25, 0.3) is 0 Å². The van der Waals surface area contributed by atoms with Crippen molar-refractivity contribution >= 4 is 21.8 Å². The van der Waals surface area contributed by atoms with Gasteiger partial charge in [-0.3, -0.25) is 4.79 Å². The number of likely N-dealkylation sites (tertiary alicyclic amines) is 1. The largest absolute Gasteiger partial charge is 0.492 e. The Morgan fingerprint density at radius 1 is 1.00 bits per heavy atom. The van der Waals surface area contributed by atoms with Crippen LogP contribution >= 0.6 is 15.9 Å². The normalized spacial score (nSPS) is 28.0. The molecule has 0 radical (unpaired) electrons. The van der Waals surface area contributed by atoms with Gasteiger partial charge in [0.05, 0.1) is 17.4 Å². The molecule has 3 heterocycles. The molecule has 34 heavy (non-hydrogen) atoms. The number of rotatable bonds is 3. The summed E-state index contributed by atoms with van der Waals surface area (Å²) in [6.07, 6.45) is 1.94. The molecule has 3 aromatic carbocycles. The predicted molar refractivity (Wildman–Crippen MR) is 137 cm³/mol. The van der Waals surface area contributed by atoms with Gasteiger partial charge in [0.25, 0.3) is 0 Å². The Balaban J connectivity index is 1.33. The average Bonchev–Trinajstić information content (AvgIpc) is 3.48. The number of piperidine rings is 1. The molecular formula is C29H29BrN2O2. The average molecular weight is 517 g/mol. The molecule has 1 N–H and O–H groups in total. The summed E-state index contributed by atoms with van der Waals surface area (Å²) in [6.45, 7) is 2.80. The van der Waals surface area contributed by atoms with Crippen LogP contribution in [0, 0.1) is 5.92 Å². The molecule has 1 amide bonds. The second-order valence-corrected chi connectivity index (χ2v) is 10.8. The molecule has 5 heteroatoms. The van der Waals surface area contributed by atoms with Gasteiger partial charge in [-0.1, -0.05) is 82.7 Å². The summed E-state index contributed by atoms with van der Waals surface area (Å²) in [6, 6.07) is 27.6. The number of carbonyl (C=O) groups excluding carboxylic acids is 1. The van der Waals surface area contributed by atoms with E-state index in [1.54, 1.807) is 0 Å². The van der Waals surface area contributed by atoms with Crippen molar-refractivity contribution < 1.29 is 9.53 Å². The Hall–Kier alpha value is -2.63. The molecule has 0 bridgehead atoms. The van der Waals surface area contributed by atoms with Gasteiger partial charge in [-0.05, 0) is 42.0 Å². The third-order valence-corrected chi connectivity index (χ3v) is 8.55. The zero-order valence-electron chi connectivity index (χ0n) is 19.1. The van der Waals surface area contributed by atoms with E-state index in [-0.39, 0.29) is 23.3 Å². The summed E-state index contributed by atoms with van der Waals surface area (Å²) in [5.74, 6) is 1.48. The molecule has 1 spiro atoms. The van der Waals surface area contributed by atoms with Gasteiger partial charge >= 0.3 is 0 Å². The van der Waals surface area contributed by atoms with Crippen molar-refractivity contribution in [2.45, 2.75) is 30.2 Å². The molecule has 6 rings (SSSR count). The SMILES string of the molecule is O=C([C@@H]1CNCC12COc1cc(Br)ccc12)N1CC[C@@H](c2ccccc2)C[C@H]1c1ccccc1. The summed E-state index contributed by atoms with van der Waals surface area (Å²) in [7, 11) is 0. The van der Waals surface area contributed by atoms with Crippen LogP contribution in [0.4, 0.5) is 0 Å². The van der Waals surface area contributed by atoms with Crippen LogP contribution < -0.4 is 10.1 Å². The second-order valence-electron chi connectivity index (χ2n) is 9.86. The van der Waals surface area contributed by atoms with Gasteiger partial charge in [-0.2, -0.15) is 0 Å². The Bertz CT molecular complexity index is 1190. The number of nitrogens with zero attached hydrogens (tertiary/aromatic N) is 1. The summed E-state index contributed by atoms with van der Waals surface area (Å²) in [5, 5.41) is 3.53. The van der Waals surface area contributed by atoms with Gasteiger partial charge in [0.2, 0.25) is 5.91 Å². The zero-order valence-corrected chi connectivity index (χ0v) is 20.7. The standard InChI is InChI=1S/C29H29BrN2O2/c30-23-11-12-24-27(16-23)34-19-29(24)18-31-17-25(29)28(33)32-14-13-22(20-7-3-1-4-8-20)15-26(32)21-9-5-2-6-10-21/h1-12,16,22,25-26,31H,13-15,17-19H2/t22-,25+,26+,29?/m1/s1. The molecule has 2 fully saturated rings. The number of amides is 1. The Labute approximate surface area is 209 Å². The Morgan fingerprint density at radius 2 is 1.74 bits per heavy atom. The van der Waals surface area contributed by atoms with Crippen molar-refractivity contribution in [1.82, 2.24) is 10.2 Å². The Morgan fingerprint density at radius 3 is 2.50 bits per heavy atom. The number of hydrogen-bond donors (Lipinski definition) is 1. The van der Waals surface area contributed by atoms with E-state index in [4.69, 9.17) is 4.74 Å². The highest BCUT2D eigenvalue weighted by atomic mass is 79.9. The van der Waals surface area contributed by atoms with Crippen molar-refractivity contribution in [2.24, 2.45) is 5.92 Å². The van der Waals surface area contributed by atoms with Crippen LogP contribution in [0.1, 0.15) is 41.5 Å². The zero-order chi connectivity index (χ0) is 23.1. The molecule has 174 valence electrons. The predicted octanol–water partition coefficient (Wildman–Crippen LogP) is 5.45. The van der Waals surface area contributed by atoms with Gasteiger partial charge in [0, 0.05) is 29.7 Å². The van der Waals surface area contributed by atoms with E-state index < -0.39 is 0 Å². The summed E-state index contributed by atoms with van der Waals surface area (Å²) >= 11 is 3.56. The summed E-state index contributed by atoms with van der Waals surface area (Å²) < 4.78 is 7.13.